The van der Waals surface area contributed by atoms with Crippen molar-refractivity contribution in [2.75, 3.05) is 6.54 Å². The van der Waals surface area contributed by atoms with Crippen molar-refractivity contribution in [3.63, 3.8) is 0 Å². The molecule has 0 atom stereocenters. The smallest absolute Gasteiger partial charge is 0.145 e. The van der Waals surface area contributed by atoms with Crippen LogP contribution in [-0.4, -0.2) is 11.5 Å². The molecule has 2 heterocycles. The summed E-state index contributed by atoms with van der Waals surface area (Å²) in [5, 5.41) is 4.57. The van der Waals surface area contributed by atoms with Gasteiger partial charge in [0.1, 0.15) is 10.8 Å². The molecule has 0 saturated heterocycles. The van der Waals surface area contributed by atoms with E-state index in [0.29, 0.717) is 0 Å². The van der Waals surface area contributed by atoms with Crippen LogP contribution in [0.3, 0.4) is 0 Å². The highest BCUT2D eigenvalue weighted by molar-refractivity contribution is 7.15. The molecule has 0 amide bonds. The molecular formula is C12H14N2OS. The van der Waals surface area contributed by atoms with E-state index in [0.717, 1.165) is 34.7 Å². The van der Waals surface area contributed by atoms with Crippen molar-refractivity contribution in [1.82, 2.24) is 10.3 Å². The third kappa shape index (κ3) is 2.33. The van der Waals surface area contributed by atoms with Gasteiger partial charge in [-0.3, -0.25) is 0 Å². The Kier molecular flexibility index (Phi) is 2.76. The fraction of sp³-hybridized carbons (Fsp3) is 0.417. The summed E-state index contributed by atoms with van der Waals surface area (Å²) in [5.41, 5.74) is 0. The Labute approximate surface area is 98.5 Å². The van der Waals surface area contributed by atoms with E-state index in [1.165, 1.54) is 12.8 Å². The zero-order chi connectivity index (χ0) is 10.8. The number of thiazole rings is 1. The number of aromatic nitrogens is 1. The summed E-state index contributed by atoms with van der Waals surface area (Å²) in [6.07, 6.45) is 6.36. The highest BCUT2D eigenvalue weighted by Gasteiger charge is 2.20. The summed E-state index contributed by atoms with van der Waals surface area (Å²) < 4.78 is 5.34. The second-order valence-electron chi connectivity index (χ2n) is 4.17. The normalized spacial score (nSPS) is 15.5. The van der Waals surface area contributed by atoms with Gasteiger partial charge in [-0.1, -0.05) is 0 Å². The molecule has 3 rings (SSSR count). The molecule has 0 radical (unpaired) electrons. The maximum atomic E-state index is 5.34. The fourth-order valence-electron chi connectivity index (χ4n) is 1.63. The number of furan rings is 1. The van der Waals surface area contributed by atoms with Crippen LogP contribution in [0.15, 0.2) is 29.0 Å². The number of hydrogen-bond donors (Lipinski definition) is 1. The molecule has 0 aromatic carbocycles. The standard InChI is InChI=1S/C12H14N2OS/c1-2-10(15-5-1)11-7-14-12(16-11)8-13-6-9-3-4-9/h1-2,5,7,9,13H,3-4,6,8H2. The zero-order valence-electron chi connectivity index (χ0n) is 8.98. The summed E-state index contributed by atoms with van der Waals surface area (Å²) in [7, 11) is 0. The molecule has 0 bridgehead atoms. The van der Waals surface area contributed by atoms with Crippen molar-refractivity contribution in [2.45, 2.75) is 19.4 Å². The van der Waals surface area contributed by atoms with E-state index in [2.05, 4.69) is 10.3 Å². The average molecular weight is 234 g/mol. The molecule has 2 aromatic heterocycles. The van der Waals surface area contributed by atoms with E-state index in [1.807, 2.05) is 18.3 Å². The zero-order valence-corrected chi connectivity index (χ0v) is 9.80. The van der Waals surface area contributed by atoms with Gasteiger partial charge in [-0.05, 0) is 37.4 Å². The molecule has 1 fully saturated rings. The second kappa shape index (κ2) is 4.39. The fourth-order valence-corrected chi connectivity index (χ4v) is 2.49. The van der Waals surface area contributed by atoms with Gasteiger partial charge in [-0.15, -0.1) is 11.3 Å². The molecule has 2 aromatic rings. The molecule has 1 saturated carbocycles. The minimum atomic E-state index is 0.877. The number of rotatable bonds is 5. The van der Waals surface area contributed by atoms with Crippen molar-refractivity contribution >= 4 is 11.3 Å². The Bertz CT molecular complexity index is 445. The maximum Gasteiger partial charge on any atom is 0.145 e. The van der Waals surface area contributed by atoms with Crippen molar-refractivity contribution in [3.05, 3.63) is 29.6 Å². The molecule has 1 aliphatic rings. The van der Waals surface area contributed by atoms with E-state index in [-0.39, 0.29) is 0 Å². The SMILES string of the molecule is c1coc(-c2cnc(CNCC3CC3)s2)c1. The van der Waals surface area contributed by atoms with Crippen LogP contribution in [0.5, 0.6) is 0 Å². The minimum Gasteiger partial charge on any atom is -0.463 e. The van der Waals surface area contributed by atoms with Gasteiger partial charge in [-0.2, -0.15) is 0 Å². The topological polar surface area (TPSA) is 38.1 Å². The lowest BCUT2D eigenvalue weighted by Gasteiger charge is -1.98. The predicted molar refractivity (Wildman–Crippen MR) is 64.2 cm³/mol. The summed E-state index contributed by atoms with van der Waals surface area (Å²) in [6, 6.07) is 3.87. The van der Waals surface area contributed by atoms with Crippen LogP contribution in [0.4, 0.5) is 0 Å². The van der Waals surface area contributed by atoms with Crippen LogP contribution in [0.2, 0.25) is 0 Å². The molecule has 0 unspecified atom stereocenters. The summed E-state index contributed by atoms with van der Waals surface area (Å²) in [4.78, 5) is 5.49. The monoisotopic (exact) mass is 234 g/mol. The Morgan fingerprint density at radius 2 is 2.44 bits per heavy atom. The van der Waals surface area contributed by atoms with Gasteiger partial charge in [0.2, 0.25) is 0 Å². The molecule has 84 valence electrons. The first-order valence-corrected chi connectivity index (χ1v) is 6.43. The molecular weight excluding hydrogens is 220 g/mol. The number of hydrogen-bond acceptors (Lipinski definition) is 4. The van der Waals surface area contributed by atoms with Crippen LogP contribution >= 0.6 is 11.3 Å². The highest BCUT2D eigenvalue weighted by Crippen LogP contribution is 2.28. The molecule has 1 N–H and O–H groups in total. The molecule has 4 heteroatoms. The van der Waals surface area contributed by atoms with Crippen molar-refractivity contribution in [3.8, 4) is 10.6 Å². The maximum absolute atomic E-state index is 5.34. The van der Waals surface area contributed by atoms with E-state index < -0.39 is 0 Å². The van der Waals surface area contributed by atoms with Crippen LogP contribution < -0.4 is 5.32 Å². The summed E-state index contributed by atoms with van der Waals surface area (Å²) in [5.74, 6) is 1.83. The van der Waals surface area contributed by atoms with E-state index in [9.17, 15) is 0 Å². The van der Waals surface area contributed by atoms with Gasteiger partial charge in [0.05, 0.1) is 11.1 Å². The van der Waals surface area contributed by atoms with Gasteiger partial charge in [0, 0.05) is 12.7 Å². The van der Waals surface area contributed by atoms with Crippen molar-refractivity contribution in [1.29, 1.82) is 0 Å². The predicted octanol–water partition coefficient (Wildman–Crippen LogP) is 2.90. The van der Waals surface area contributed by atoms with Gasteiger partial charge >= 0.3 is 0 Å². The Hall–Kier alpha value is -1.13. The summed E-state index contributed by atoms with van der Waals surface area (Å²) in [6.45, 7) is 2.01. The van der Waals surface area contributed by atoms with Crippen LogP contribution in [0.1, 0.15) is 17.8 Å². The van der Waals surface area contributed by atoms with Gasteiger partial charge in [0.25, 0.3) is 0 Å². The highest BCUT2D eigenvalue weighted by atomic mass is 32.1. The third-order valence-electron chi connectivity index (χ3n) is 2.72. The van der Waals surface area contributed by atoms with Crippen LogP contribution in [-0.2, 0) is 6.54 Å². The third-order valence-corrected chi connectivity index (χ3v) is 3.74. The molecule has 3 nitrogen and oxygen atoms in total. The Morgan fingerprint density at radius 1 is 1.50 bits per heavy atom. The summed E-state index contributed by atoms with van der Waals surface area (Å²) >= 11 is 1.70. The quantitative estimate of drug-likeness (QED) is 0.864. The Balaban J connectivity index is 1.59. The lowest BCUT2D eigenvalue weighted by atomic mass is 10.4. The van der Waals surface area contributed by atoms with E-state index >= 15 is 0 Å². The molecule has 0 spiro atoms. The van der Waals surface area contributed by atoms with E-state index in [4.69, 9.17) is 4.42 Å². The molecule has 1 aliphatic carbocycles. The Morgan fingerprint density at radius 3 is 3.19 bits per heavy atom. The number of nitrogens with one attached hydrogen (secondary N) is 1. The van der Waals surface area contributed by atoms with Crippen molar-refractivity contribution < 1.29 is 4.42 Å². The van der Waals surface area contributed by atoms with Gasteiger partial charge in [-0.25, -0.2) is 4.98 Å². The van der Waals surface area contributed by atoms with Crippen LogP contribution in [0.25, 0.3) is 10.6 Å². The van der Waals surface area contributed by atoms with Gasteiger partial charge < -0.3 is 9.73 Å². The molecule has 16 heavy (non-hydrogen) atoms. The first kappa shape index (κ1) is 10.1. The van der Waals surface area contributed by atoms with Gasteiger partial charge in [0.15, 0.2) is 0 Å². The van der Waals surface area contributed by atoms with Crippen molar-refractivity contribution in [2.24, 2.45) is 5.92 Å². The van der Waals surface area contributed by atoms with E-state index in [1.54, 1.807) is 17.6 Å². The van der Waals surface area contributed by atoms with Crippen LogP contribution in [0, 0.1) is 5.92 Å². The first-order chi connectivity index (χ1) is 7.92. The number of nitrogens with zero attached hydrogens (tertiary/aromatic N) is 1. The first-order valence-electron chi connectivity index (χ1n) is 5.61. The lowest BCUT2D eigenvalue weighted by Crippen LogP contribution is -2.15. The largest absolute Gasteiger partial charge is 0.463 e. The lowest BCUT2D eigenvalue weighted by molar-refractivity contribution is 0.583. The second-order valence-corrected chi connectivity index (χ2v) is 5.29. The molecule has 0 aliphatic heterocycles. The minimum absolute atomic E-state index is 0.877. The average Bonchev–Trinajstić information content (AvgIpc) is 2.83.